The van der Waals surface area contributed by atoms with Gasteiger partial charge in [0.25, 0.3) is 0 Å². The molecule has 0 aliphatic rings. The number of nitrogens with zero attached hydrogens (tertiary/aromatic N) is 2. The molecule has 1 aromatic carbocycles. The topological polar surface area (TPSA) is 84.5 Å². The molecule has 0 radical (unpaired) electrons. The molecule has 6 heteroatoms. The molecule has 2 heterocycles. The highest BCUT2D eigenvalue weighted by atomic mass is 16.4. The van der Waals surface area contributed by atoms with Crippen LogP contribution >= 0.6 is 0 Å². The minimum Gasteiger partial charge on any atom is -0.481 e. The first kappa shape index (κ1) is 17.5. The smallest absolute Gasteiger partial charge is 0.309 e. The van der Waals surface area contributed by atoms with Crippen molar-refractivity contribution in [1.29, 1.82) is 0 Å². The van der Waals surface area contributed by atoms with Crippen LogP contribution in [0.1, 0.15) is 22.5 Å². The molecule has 26 heavy (non-hydrogen) atoms. The average Bonchev–Trinajstić information content (AvgIpc) is 3.18. The molecule has 0 atom stereocenters. The quantitative estimate of drug-likeness (QED) is 0.653. The third-order valence-electron chi connectivity index (χ3n) is 4.24. The Morgan fingerprint density at radius 1 is 0.692 bits per heavy atom. The van der Waals surface area contributed by atoms with Gasteiger partial charge in [0.05, 0.1) is 12.8 Å². The summed E-state index contributed by atoms with van der Waals surface area (Å²) in [5.41, 5.74) is 3.70. The molecule has 0 unspecified atom stereocenters. The Balaban J connectivity index is 1.68. The highest BCUT2D eigenvalue weighted by Crippen LogP contribution is 2.13. The number of carboxylic acids is 2. The Morgan fingerprint density at radius 2 is 1.08 bits per heavy atom. The molecule has 2 N–H and O–H groups in total. The number of aromatic nitrogens is 2. The number of benzene rings is 1. The minimum absolute atomic E-state index is 0.00503. The van der Waals surface area contributed by atoms with E-state index >= 15 is 0 Å². The summed E-state index contributed by atoms with van der Waals surface area (Å²) in [4.78, 5) is 21.8. The first-order valence-corrected chi connectivity index (χ1v) is 8.30. The molecule has 0 aliphatic heterocycles. The van der Waals surface area contributed by atoms with Crippen molar-refractivity contribution in [2.75, 3.05) is 0 Å². The van der Waals surface area contributed by atoms with Crippen LogP contribution in [0.25, 0.3) is 0 Å². The predicted octanol–water partition coefficient (Wildman–Crippen LogP) is 2.64. The van der Waals surface area contributed by atoms with E-state index in [1.807, 2.05) is 70.1 Å². The van der Waals surface area contributed by atoms with Gasteiger partial charge in [-0.3, -0.25) is 9.59 Å². The normalized spacial score (nSPS) is 10.8. The maximum atomic E-state index is 10.9. The molecule has 3 aromatic rings. The first-order valence-electron chi connectivity index (χ1n) is 8.30. The zero-order valence-corrected chi connectivity index (χ0v) is 14.2. The molecule has 0 bridgehead atoms. The second-order valence-corrected chi connectivity index (χ2v) is 6.21. The van der Waals surface area contributed by atoms with Crippen LogP contribution in [-0.4, -0.2) is 31.3 Å². The summed E-state index contributed by atoms with van der Waals surface area (Å²) >= 11 is 0. The van der Waals surface area contributed by atoms with E-state index in [2.05, 4.69) is 0 Å². The molecule has 0 saturated carbocycles. The van der Waals surface area contributed by atoms with Crippen LogP contribution in [0.15, 0.2) is 60.9 Å². The van der Waals surface area contributed by atoms with E-state index < -0.39 is 11.9 Å². The average molecular weight is 352 g/mol. The highest BCUT2D eigenvalue weighted by molar-refractivity contribution is 5.70. The largest absolute Gasteiger partial charge is 0.481 e. The van der Waals surface area contributed by atoms with Gasteiger partial charge in [0.2, 0.25) is 0 Å². The maximum absolute atomic E-state index is 10.9. The zero-order valence-electron chi connectivity index (χ0n) is 14.2. The third-order valence-corrected chi connectivity index (χ3v) is 4.24. The van der Waals surface area contributed by atoms with Crippen molar-refractivity contribution in [2.45, 2.75) is 25.9 Å². The minimum atomic E-state index is -0.843. The second kappa shape index (κ2) is 7.74. The lowest BCUT2D eigenvalue weighted by molar-refractivity contribution is -0.137. The Bertz CT molecular complexity index is 831. The number of hydrogen-bond donors (Lipinski definition) is 2. The number of rotatable bonds is 8. The summed E-state index contributed by atoms with van der Waals surface area (Å²) in [5, 5.41) is 17.9. The van der Waals surface area contributed by atoms with Gasteiger partial charge in [-0.25, -0.2) is 0 Å². The molecule has 0 aliphatic carbocycles. The number of carboxylic acid groups (broad SMARTS) is 2. The maximum Gasteiger partial charge on any atom is 0.309 e. The summed E-state index contributed by atoms with van der Waals surface area (Å²) in [6.45, 7) is 1.23. The molecule has 0 fully saturated rings. The van der Waals surface area contributed by atoms with Gasteiger partial charge in [-0.15, -0.1) is 0 Å². The molecule has 0 saturated heterocycles. The summed E-state index contributed by atoms with van der Waals surface area (Å²) in [6.07, 6.45) is 3.77. The first-order chi connectivity index (χ1) is 12.5. The Hall–Kier alpha value is -3.28. The van der Waals surface area contributed by atoms with Gasteiger partial charge in [-0.2, -0.15) is 0 Å². The van der Waals surface area contributed by atoms with Gasteiger partial charge in [-0.1, -0.05) is 24.3 Å². The summed E-state index contributed by atoms with van der Waals surface area (Å²) < 4.78 is 3.86. The van der Waals surface area contributed by atoms with Crippen LogP contribution in [0.4, 0.5) is 0 Å². The summed E-state index contributed by atoms with van der Waals surface area (Å²) in [6, 6.07) is 15.4. The number of aliphatic carboxylic acids is 2. The molecule has 2 aromatic heterocycles. The fourth-order valence-corrected chi connectivity index (χ4v) is 2.98. The molecular formula is C20H20N2O4. The summed E-state index contributed by atoms with van der Waals surface area (Å²) in [5.74, 6) is -1.69. The van der Waals surface area contributed by atoms with Crippen LogP contribution in [0, 0.1) is 0 Å². The van der Waals surface area contributed by atoms with Gasteiger partial charge in [0.1, 0.15) is 0 Å². The molecule has 0 spiro atoms. The third kappa shape index (κ3) is 4.42. The van der Waals surface area contributed by atoms with E-state index in [4.69, 9.17) is 10.2 Å². The van der Waals surface area contributed by atoms with Crippen molar-refractivity contribution < 1.29 is 19.8 Å². The fourth-order valence-electron chi connectivity index (χ4n) is 2.98. The lowest BCUT2D eigenvalue weighted by atomic mass is 10.1. The van der Waals surface area contributed by atoms with Crippen molar-refractivity contribution in [3.05, 3.63) is 83.4 Å². The van der Waals surface area contributed by atoms with E-state index in [1.54, 1.807) is 0 Å². The van der Waals surface area contributed by atoms with Crippen molar-refractivity contribution >= 4 is 11.9 Å². The Morgan fingerprint density at radius 3 is 1.42 bits per heavy atom. The van der Waals surface area contributed by atoms with E-state index in [0.29, 0.717) is 13.1 Å². The van der Waals surface area contributed by atoms with Crippen LogP contribution < -0.4 is 0 Å². The molecular weight excluding hydrogens is 332 g/mol. The van der Waals surface area contributed by atoms with Gasteiger partial charge < -0.3 is 19.3 Å². The van der Waals surface area contributed by atoms with Crippen molar-refractivity contribution in [3.8, 4) is 0 Å². The summed E-state index contributed by atoms with van der Waals surface area (Å²) in [7, 11) is 0. The van der Waals surface area contributed by atoms with E-state index in [9.17, 15) is 9.59 Å². The van der Waals surface area contributed by atoms with Gasteiger partial charge in [-0.05, 0) is 35.4 Å². The van der Waals surface area contributed by atoms with E-state index in [-0.39, 0.29) is 12.8 Å². The Kier molecular flexibility index (Phi) is 5.22. The highest BCUT2D eigenvalue weighted by Gasteiger charge is 2.08. The zero-order chi connectivity index (χ0) is 18.5. The molecule has 134 valence electrons. The lowest BCUT2D eigenvalue weighted by Crippen LogP contribution is -2.09. The molecule has 0 amide bonds. The van der Waals surface area contributed by atoms with Gasteiger partial charge >= 0.3 is 11.9 Å². The number of carbonyl (C=O) groups is 2. The van der Waals surface area contributed by atoms with Gasteiger partial charge in [0, 0.05) is 36.9 Å². The second-order valence-electron chi connectivity index (χ2n) is 6.21. The predicted molar refractivity (Wildman–Crippen MR) is 96.2 cm³/mol. The SMILES string of the molecule is O=C(O)Cc1cccn1Cc1ccc(Cn2cccc2CC(=O)O)cc1. The fraction of sp³-hybridized carbons (Fsp3) is 0.200. The number of hydrogen-bond acceptors (Lipinski definition) is 2. The van der Waals surface area contributed by atoms with Crippen LogP contribution in [0.3, 0.4) is 0 Å². The van der Waals surface area contributed by atoms with Crippen molar-refractivity contribution in [1.82, 2.24) is 9.13 Å². The van der Waals surface area contributed by atoms with Crippen LogP contribution in [0.5, 0.6) is 0 Å². The van der Waals surface area contributed by atoms with Crippen molar-refractivity contribution in [3.63, 3.8) is 0 Å². The molecule has 3 rings (SSSR count). The lowest BCUT2D eigenvalue weighted by Gasteiger charge is -2.11. The van der Waals surface area contributed by atoms with Crippen LogP contribution in [-0.2, 0) is 35.5 Å². The van der Waals surface area contributed by atoms with Crippen molar-refractivity contribution in [2.24, 2.45) is 0 Å². The Labute approximate surface area is 150 Å². The van der Waals surface area contributed by atoms with Crippen LogP contribution in [0.2, 0.25) is 0 Å². The van der Waals surface area contributed by atoms with E-state index in [1.165, 1.54) is 0 Å². The standard InChI is InChI=1S/C20H20N2O4/c23-19(24)11-17-3-1-9-21(17)13-15-5-7-16(8-6-15)14-22-10-2-4-18(22)12-20(25)26/h1-10H,11-14H2,(H,23,24)(H,25,26). The van der Waals surface area contributed by atoms with E-state index in [0.717, 1.165) is 22.5 Å². The molecule has 6 nitrogen and oxygen atoms in total. The monoisotopic (exact) mass is 352 g/mol. The van der Waals surface area contributed by atoms with Gasteiger partial charge in [0.15, 0.2) is 0 Å².